The monoisotopic (exact) mass is 364 g/mol. The maximum Gasteiger partial charge on any atom is 0.226 e. The number of para-hydroxylation sites is 1. The molecule has 0 saturated carbocycles. The molecule has 0 aromatic heterocycles. The predicted octanol–water partition coefficient (Wildman–Crippen LogP) is 4.69. The van der Waals surface area contributed by atoms with E-state index in [9.17, 15) is 4.79 Å². The Balaban J connectivity index is 1.59. The van der Waals surface area contributed by atoms with Gasteiger partial charge in [0.15, 0.2) is 0 Å². The first-order valence-corrected chi connectivity index (χ1v) is 10.3. The zero-order valence-electron chi connectivity index (χ0n) is 16.7. The van der Waals surface area contributed by atoms with E-state index in [0.29, 0.717) is 12.3 Å². The van der Waals surface area contributed by atoms with Crippen LogP contribution in [-0.4, -0.2) is 37.0 Å². The van der Waals surface area contributed by atoms with Crippen molar-refractivity contribution in [2.45, 2.75) is 39.5 Å². The van der Waals surface area contributed by atoms with E-state index in [4.69, 9.17) is 0 Å². The number of piperidine rings is 1. The average Bonchev–Trinajstić information content (AvgIpc) is 2.72. The second kappa shape index (κ2) is 9.70. The van der Waals surface area contributed by atoms with Gasteiger partial charge in [0.05, 0.1) is 0 Å². The molecular formula is C24H32N2O. The summed E-state index contributed by atoms with van der Waals surface area (Å²) in [5.74, 6) is 0.768. The molecule has 0 spiro atoms. The van der Waals surface area contributed by atoms with E-state index < -0.39 is 0 Å². The van der Waals surface area contributed by atoms with Gasteiger partial charge in [-0.3, -0.25) is 4.79 Å². The quantitative estimate of drug-likeness (QED) is 0.711. The topological polar surface area (TPSA) is 23.6 Å². The van der Waals surface area contributed by atoms with Gasteiger partial charge in [0.2, 0.25) is 5.91 Å². The number of anilines is 1. The molecule has 1 atom stereocenters. The highest BCUT2D eigenvalue weighted by Gasteiger charge is 2.24. The van der Waals surface area contributed by atoms with Gasteiger partial charge in [-0.2, -0.15) is 0 Å². The number of carbonyl (C=O) groups excluding carboxylic acids is 1. The summed E-state index contributed by atoms with van der Waals surface area (Å²) < 4.78 is 0. The molecule has 1 heterocycles. The molecule has 2 aromatic carbocycles. The SMILES string of the molecule is CCC(=O)N(CC1CCCN(CCc2ccccc2C)C1)c1ccccc1. The molecule has 3 rings (SSSR count). The molecule has 1 saturated heterocycles. The first-order chi connectivity index (χ1) is 13.2. The summed E-state index contributed by atoms with van der Waals surface area (Å²) in [5.41, 5.74) is 3.86. The molecule has 1 amide bonds. The maximum absolute atomic E-state index is 12.5. The molecule has 1 aliphatic heterocycles. The Kier molecular flexibility index (Phi) is 7.05. The van der Waals surface area contributed by atoms with Crippen LogP contribution in [0.15, 0.2) is 54.6 Å². The van der Waals surface area contributed by atoms with Gasteiger partial charge in [-0.15, -0.1) is 0 Å². The van der Waals surface area contributed by atoms with Crippen LogP contribution in [0.2, 0.25) is 0 Å². The van der Waals surface area contributed by atoms with E-state index in [-0.39, 0.29) is 5.91 Å². The Bertz CT molecular complexity index is 728. The minimum Gasteiger partial charge on any atom is -0.312 e. The van der Waals surface area contributed by atoms with E-state index in [1.54, 1.807) is 0 Å². The molecule has 2 aromatic rings. The van der Waals surface area contributed by atoms with E-state index in [0.717, 1.165) is 31.7 Å². The Labute approximate surface area is 164 Å². The van der Waals surface area contributed by atoms with Crippen LogP contribution in [-0.2, 0) is 11.2 Å². The number of hydrogen-bond donors (Lipinski definition) is 0. The van der Waals surface area contributed by atoms with Gasteiger partial charge in [0.25, 0.3) is 0 Å². The summed E-state index contributed by atoms with van der Waals surface area (Å²) in [6.45, 7) is 8.35. The standard InChI is InChI=1S/C24H32N2O/c1-3-24(27)26(23-13-5-4-6-14-23)19-21-11-9-16-25(18-21)17-15-22-12-8-7-10-20(22)2/h4-8,10,12-14,21H,3,9,11,15-19H2,1-2H3. The lowest BCUT2D eigenvalue weighted by atomic mass is 9.96. The van der Waals surface area contributed by atoms with Crippen molar-refractivity contribution < 1.29 is 4.79 Å². The van der Waals surface area contributed by atoms with Crippen LogP contribution < -0.4 is 4.90 Å². The molecule has 144 valence electrons. The summed E-state index contributed by atoms with van der Waals surface area (Å²) >= 11 is 0. The van der Waals surface area contributed by atoms with Gasteiger partial charge in [-0.1, -0.05) is 49.4 Å². The highest BCUT2D eigenvalue weighted by Crippen LogP contribution is 2.22. The number of likely N-dealkylation sites (tertiary alicyclic amines) is 1. The highest BCUT2D eigenvalue weighted by atomic mass is 16.2. The van der Waals surface area contributed by atoms with E-state index in [1.165, 1.54) is 30.5 Å². The van der Waals surface area contributed by atoms with Gasteiger partial charge in [-0.25, -0.2) is 0 Å². The van der Waals surface area contributed by atoms with Gasteiger partial charge in [0.1, 0.15) is 0 Å². The van der Waals surface area contributed by atoms with Gasteiger partial charge in [0, 0.05) is 31.7 Å². The van der Waals surface area contributed by atoms with E-state index in [2.05, 4.69) is 36.1 Å². The van der Waals surface area contributed by atoms with Crippen molar-refractivity contribution in [1.29, 1.82) is 0 Å². The third-order valence-corrected chi connectivity index (χ3v) is 5.67. The van der Waals surface area contributed by atoms with Crippen LogP contribution in [0.5, 0.6) is 0 Å². The molecule has 27 heavy (non-hydrogen) atoms. The average molecular weight is 365 g/mol. The van der Waals surface area contributed by atoms with Crippen molar-refractivity contribution >= 4 is 11.6 Å². The Hall–Kier alpha value is -2.13. The molecule has 3 nitrogen and oxygen atoms in total. The molecule has 0 radical (unpaired) electrons. The second-order valence-corrected chi connectivity index (χ2v) is 7.68. The number of aryl methyl sites for hydroxylation is 1. The number of rotatable bonds is 7. The number of nitrogens with zero attached hydrogens (tertiary/aromatic N) is 2. The lowest BCUT2D eigenvalue weighted by molar-refractivity contribution is -0.118. The Morgan fingerprint density at radius 3 is 2.59 bits per heavy atom. The first kappa shape index (κ1) is 19.6. The van der Waals surface area contributed by atoms with E-state index >= 15 is 0 Å². The number of hydrogen-bond acceptors (Lipinski definition) is 2. The number of benzene rings is 2. The third-order valence-electron chi connectivity index (χ3n) is 5.67. The van der Waals surface area contributed by atoms with E-state index in [1.807, 2.05) is 42.2 Å². The van der Waals surface area contributed by atoms with Gasteiger partial charge < -0.3 is 9.80 Å². The van der Waals surface area contributed by atoms with Crippen LogP contribution >= 0.6 is 0 Å². The summed E-state index contributed by atoms with van der Waals surface area (Å²) in [7, 11) is 0. The fraction of sp³-hybridized carbons (Fsp3) is 0.458. The lowest BCUT2D eigenvalue weighted by Crippen LogP contribution is -2.43. The van der Waals surface area contributed by atoms with Crippen molar-refractivity contribution in [3.63, 3.8) is 0 Å². The molecule has 0 N–H and O–H groups in total. The van der Waals surface area contributed by atoms with Crippen LogP contribution in [0, 0.1) is 12.8 Å². The number of carbonyl (C=O) groups is 1. The molecule has 0 aliphatic carbocycles. The van der Waals surface area contributed by atoms with Crippen molar-refractivity contribution in [2.75, 3.05) is 31.1 Å². The van der Waals surface area contributed by atoms with Crippen LogP contribution in [0.25, 0.3) is 0 Å². The van der Waals surface area contributed by atoms with Crippen molar-refractivity contribution in [3.8, 4) is 0 Å². The largest absolute Gasteiger partial charge is 0.312 e. The van der Waals surface area contributed by atoms with Crippen LogP contribution in [0.1, 0.15) is 37.3 Å². The Morgan fingerprint density at radius 2 is 1.85 bits per heavy atom. The Morgan fingerprint density at radius 1 is 1.11 bits per heavy atom. The fourth-order valence-electron chi connectivity index (χ4n) is 4.08. The minimum absolute atomic E-state index is 0.221. The third kappa shape index (κ3) is 5.43. The molecule has 1 fully saturated rings. The minimum atomic E-state index is 0.221. The zero-order valence-corrected chi connectivity index (χ0v) is 16.7. The van der Waals surface area contributed by atoms with Crippen molar-refractivity contribution in [3.05, 3.63) is 65.7 Å². The first-order valence-electron chi connectivity index (χ1n) is 10.3. The summed E-state index contributed by atoms with van der Waals surface area (Å²) in [4.78, 5) is 17.1. The maximum atomic E-state index is 12.5. The lowest BCUT2D eigenvalue weighted by Gasteiger charge is -2.36. The summed E-state index contributed by atoms with van der Waals surface area (Å²) in [6.07, 6.45) is 4.09. The zero-order chi connectivity index (χ0) is 19.1. The second-order valence-electron chi connectivity index (χ2n) is 7.68. The summed E-state index contributed by atoms with van der Waals surface area (Å²) in [5, 5.41) is 0. The molecule has 1 unspecified atom stereocenters. The van der Waals surface area contributed by atoms with Crippen molar-refractivity contribution in [2.24, 2.45) is 5.92 Å². The van der Waals surface area contributed by atoms with Crippen LogP contribution in [0.4, 0.5) is 5.69 Å². The molecule has 1 aliphatic rings. The normalized spacial score (nSPS) is 17.6. The summed E-state index contributed by atoms with van der Waals surface area (Å²) in [6, 6.07) is 18.8. The molecule has 0 bridgehead atoms. The predicted molar refractivity (Wildman–Crippen MR) is 113 cm³/mol. The highest BCUT2D eigenvalue weighted by molar-refractivity contribution is 5.93. The smallest absolute Gasteiger partial charge is 0.226 e. The van der Waals surface area contributed by atoms with Gasteiger partial charge >= 0.3 is 0 Å². The van der Waals surface area contributed by atoms with Crippen LogP contribution in [0.3, 0.4) is 0 Å². The van der Waals surface area contributed by atoms with Crippen molar-refractivity contribution in [1.82, 2.24) is 4.90 Å². The fourth-order valence-corrected chi connectivity index (χ4v) is 4.08. The number of amides is 1. The molecular weight excluding hydrogens is 332 g/mol. The van der Waals surface area contributed by atoms with Gasteiger partial charge in [-0.05, 0) is 61.9 Å². The molecule has 3 heteroatoms.